The van der Waals surface area contributed by atoms with Gasteiger partial charge in [-0.2, -0.15) is 0 Å². The Morgan fingerprint density at radius 2 is 0.836 bits per heavy atom. The molecule has 0 saturated carbocycles. The first-order chi connectivity index (χ1) is 27.2. The zero-order valence-corrected chi connectivity index (χ0v) is 29.6. The fraction of sp³-hybridized carbons (Fsp3) is 0. The Hall–Kier alpha value is -7.43. The van der Waals surface area contributed by atoms with Gasteiger partial charge in [0.2, 0.25) is 0 Å². The smallest absolute Gasteiger partial charge is 0.167 e. The van der Waals surface area contributed by atoms with Crippen molar-refractivity contribution in [3.8, 4) is 56.4 Å². The Kier molecular flexibility index (Phi) is 7.14. The molecule has 0 N–H and O–H groups in total. The molecule has 11 rings (SSSR count). The number of hydrogen-bond donors (Lipinski definition) is 0. The predicted molar refractivity (Wildman–Crippen MR) is 227 cm³/mol. The number of aromatic nitrogens is 3. The standard InChI is InChI=1S/C51H31N3O/c1-2-11-32(12-3-1)38-18-10-19-39(29-38)42-27-28-45(48-46(42)44-26-25-35-15-8-9-20-43(35)47(44)55-48)51-53-49(40-23-21-33-13-4-6-16-36(33)30-40)52-50(54-51)41-24-22-34-14-5-7-17-37(34)31-41/h1-31H. The molecule has 0 atom stereocenters. The molecule has 0 saturated heterocycles. The van der Waals surface area contributed by atoms with Gasteiger partial charge in [0.1, 0.15) is 11.2 Å². The normalized spacial score (nSPS) is 11.6. The molecule has 9 aromatic carbocycles. The summed E-state index contributed by atoms with van der Waals surface area (Å²) in [4.78, 5) is 15.6. The van der Waals surface area contributed by atoms with E-state index in [1.165, 1.54) is 16.3 Å². The molecule has 0 aliphatic rings. The summed E-state index contributed by atoms with van der Waals surface area (Å²) in [5.74, 6) is 1.76. The summed E-state index contributed by atoms with van der Waals surface area (Å²) in [5.41, 5.74) is 8.77. The molecular formula is C51H31N3O. The van der Waals surface area contributed by atoms with Gasteiger partial charge in [-0.15, -0.1) is 0 Å². The van der Waals surface area contributed by atoms with Crippen LogP contribution < -0.4 is 0 Å². The molecular weight excluding hydrogens is 671 g/mol. The molecule has 0 aliphatic carbocycles. The van der Waals surface area contributed by atoms with Crippen molar-refractivity contribution in [1.82, 2.24) is 15.0 Å². The van der Waals surface area contributed by atoms with Gasteiger partial charge in [-0.25, -0.2) is 15.0 Å². The second-order valence-electron chi connectivity index (χ2n) is 14.0. The van der Waals surface area contributed by atoms with Gasteiger partial charge < -0.3 is 4.42 Å². The topological polar surface area (TPSA) is 51.8 Å². The second kappa shape index (κ2) is 12.6. The van der Waals surface area contributed by atoms with Gasteiger partial charge in [0.15, 0.2) is 17.5 Å². The number of furan rings is 1. The Labute approximate surface area is 317 Å². The summed E-state index contributed by atoms with van der Waals surface area (Å²) in [5, 5.41) is 8.86. The van der Waals surface area contributed by atoms with Crippen LogP contribution in [0, 0.1) is 0 Å². The molecule has 0 aliphatic heterocycles. The predicted octanol–water partition coefficient (Wildman–Crippen LogP) is 13.6. The first-order valence-corrected chi connectivity index (χ1v) is 18.5. The molecule has 0 radical (unpaired) electrons. The van der Waals surface area contributed by atoms with Crippen molar-refractivity contribution >= 4 is 54.3 Å². The molecule has 55 heavy (non-hydrogen) atoms. The summed E-state index contributed by atoms with van der Waals surface area (Å²) in [6, 6.07) is 65.8. The van der Waals surface area contributed by atoms with Crippen molar-refractivity contribution in [2.75, 3.05) is 0 Å². The van der Waals surface area contributed by atoms with Crippen LogP contribution in [0.5, 0.6) is 0 Å². The quantitative estimate of drug-likeness (QED) is 0.179. The van der Waals surface area contributed by atoms with E-state index in [1.54, 1.807) is 0 Å². The molecule has 2 aromatic heterocycles. The van der Waals surface area contributed by atoms with Crippen molar-refractivity contribution in [3.63, 3.8) is 0 Å². The zero-order valence-electron chi connectivity index (χ0n) is 29.6. The van der Waals surface area contributed by atoms with Crippen molar-refractivity contribution in [1.29, 1.82) is 0 Å². The summed E-state index contributed by atoms with van der Waals surface area (Å²) in [6.45, 7) is 0. The largest absolute Gasteiger partial charge is 0.455 e. The Bertz CT molecular complexity index is 3180. The Morgan fingerprint density at radius 3 is 1.55 bits per heavy atom. The SMILES string of the molecule is c1ccc(-c2cccc(-c3ccc(-c4nc(-c5ccc6ccccc6c5)nc(-c5ccc6ccccc6c5)n4)c4oc5c6ccccc6ccc5c34)c2)cc1. The lowest BCUT2D eigenvalue weighted by Crippen LogP contribution is -2.00. The van der Waals surface area contributed by atoms with Gasteiger partial charge in [-0.3, -0.25) is 0 Å². The average molecular weight is 702 g/mol. The molecule has 0 bridgehead atoms. The van der Waals surface area contributed by atoms with E-state index in [0.29, 0.717) is 17.5 Å². The van der Waals surface area contributed by atoms with Crippen LogP contribution in [-0.2, 0) is 0 Å². The fourth-order valence-electron chi connectivity index (χ4n) is 7.93. The van der Waals surface area contributed by atoms with Crippen LogP contribution in [0.2, 0.25) is 0 Å². The molecule has 11 aromatic rings. The first kappa shape index (κ1) is 31.1. The number of hydrogen-bond acceptors (Lipinski definition) is 4. The van der Waals surface area contributed by atoms with Gasteiger partial charge in [0.05, 0.1) is 5.56 Å². The van der Waals surface area contributed by atoms with E-state index in [-0.39, 0.29) is 0 Å². The minimum Gasteiger partial charge on any atom is -0.455 e. The molecule has 4 heteroatoms. The van der Waals surface area contributed by atoms with Crippen molar-refractivity contribution in [3.05, 3.63) is 188 Å². The third-order valence-electron chi connectivity index (χ3n) is 10.7. The van der Waals surface area contributed by atoms with Crippen molar-refractivity contribution in [2.45, 2.75) is 0 Å². The van der Waals surface area contributed by atoms with Gasteiger partial charge in [0, 0.05) is 27.3 Å². The number of rotatable bonds is 5. The zero-order chi connectivity index (χ0) is 36.3. The van der Waals surface area contributed by atoms with Gasteiger partial charge in [-0.05, 0) is 79.5 Å². The maximum absolute atomic E-state index is 7.03. The Balaban J connectivity index is 1.18. The molecule has 0 spiro atoms. The lowest BCUT2D eigenvalue weighted by Gasteiger charge is -2.12. The Morgan fingerprint density at radius 1 is 0.291 bits per heavy atom. The molecule has 256 valence electrons. The van der Waals surface area contributed by atoms with Crippen molar-refractivity contribution in [2.24, 2.45) is 0 Å². The maximum Gasteiger partial charge on any atom is 0.167 e. The molecule has 0 amide bonds. The lowest BCUT2D eigenvalue weighted by atomic mass is 9.94. The van der Waals surface area contributed by atoms with Crippen LogP contribution in [-0.4, -0.2) is 15.0 Å². The van der Waals surface area contributed by atoms with Crippen LogP contribution in [0.4, 0.5) is 0 Å². The summed E-state index contributed by atoms with van der Waals surface area (Å²) in [7, 11) is 0. The number of nitrogens with zero attached hydrogens (tertiary/aromatic N) is 3. The summed E-state index contributed by atoms with van der Waals surface area (Å²) in [6.07, 6.45) is 0. The van der Waals surface area contributed by atoms with Crippen LogP contribution in [0.3, 0.4) is 0 Å². The van der Waals surface area contributed by atoms with E-state index in [9.17, 15) is 0 Å². The maximum atomic E-state index is 7.03. The average Bonchev–Trinajstić information content (AvgIpc) is 3.66. The van der Waals surface area contributed by atoms with E-state index in [4.69, 9.17) is 19.4 Å². The first-order valence-electron chi connectivity index (χ1n) is 18.5. The van der Waals surface area contributed by atoms with Gasteiger partial charge >= 0.3 is 0 Å². The van der Waals surface area contributed by atoms with Crippen molar-refractivity contribution < 1.29 is 4.42 Å². The second-order valence-corrected chi connectivity index (χ2v) is 14.0. The van der Waals surface area contributed by atoms with Crippen LogP contribution in [0.1, 0.15) is 0 Å². The minimum atomic E-state index is 0.555. The van der Waals surface area contributed by atoms with E-state index < -0.39 is 0 Å². The van der Waals surface area contributed by atoms with Crippen LogP contribution in [0.25, 0.3) is 111 Å². The third kappa shape index (κ3) is 5.34. The molecule has 0 fully saturated rings. The third-order valence-corrected chi connectivity index (χ3v) is 10.7. The van der Waals surface area contributed by atoms with Crippen LogP contribution >= 0.6 is 0 Å². The highest BCUT2D eigenvalue weighted by Crippen LogP contribution is 2.44. The fourth-order valence-corrected chi connectivity index (χ4v) is 7.93. The molecule has 4 nitrogen and oxygen atoms in total. The monoisotopic (exact) mass is 701 g/mol. The van der Waals surface area contributed by atoms with Crippen LogP contribution in [0.15, 0.2) is 192 Å². The lowest BCUT2D eigenvalue weighted by molar-refractivity contribution is 0.673. The highest BCUT2D eigenvalue weighted by atomic mass is 16.3. The summed E-state index contributed by atoms with van der Waals surface area (Å²) < 4.78 is 7.03. The highest BCUT2D eigenvalue weighted by molar-refractivity contribution is 6.21. The van der Waals surface area contributed by atoms with E-state index in [1.807, 2.05) is 0 Å². The molecule has 0 unspecified atom stereocenters. The van der Waals surface area contributed by atoms with Gasteiger partial charge in [0.25, 0.3) is 0 Å². The number of benzene rings is 9. The summed E-state index contributed by atoms with van der Waals surface area (Å²) >= 11 is 0. The number of fused-ring (bicyclic) bond motifs is 7. The minimum absolute atomic E-state index is 0.555. The van der Waals surface area contributed by atoms with E-state index in [2.05, 4.69) is 188 Å². The van der Waals surface area contributed by atoms with E-state index in [0.717, 1.165) is 76.9 Å². The van der Waals surface area contributed by atoms with E-state index >= 15 is 0 Å². The highest BCUT2D eigenvalue weighted by Gasteiger charge is 2.22. The van der Waals surface area contributed by atoms with Gasteiger partial charge in [-0.1, -0.05) is 158 Å². The molecule has 2 heterocycles.